The zero-order valence-corrected chi connectivity index (χ0v) is 13.9. The van der Waals surface area contributed by atoms with E-state index in [9.17, 15) is 9.59 Å². The van der Waals surface area contributed by atoms with Crippen LogP contribution in [0.25, 0.3) is 0 Å². The van der Waals surface area contributed by atoms with Gasteiger partial charge in [-0.1, -0.05) is 17.7 Å². The van der Waals surface area contributed by atoms with Crippen LogP contribution in [0, 0.1) is 13.8 Å². The number of amides is 1. The maximum absolute atomic E-state index is 12.5. The molecule has 5 nitrogen and oxygen atoms in total. The lowest BCUT2D eigenvalue weighted by atomic mass is 10.0. The van der Waals surface area contributed by atoms with Crippen LogP contribution in [0.3, 0.4) is 0 Å². The van der Waals surface area contributed by atoms with Gasteiger partial charge in [0.05, 0.1) is 17.8 Å². The van der Waals surface area contributed by atoms with E-state index in [0.717, 1.165) is 11.1 Å². The van der Waals surface area contributed by atoms with Crippen molar-refractivity contribution in [1.82, 2.24) is 0 Å². The third kappa shape index (κ3) is 2.16. The van der Waals surface area contributed by atoms with E-state index in [4.69, 9.17) is 21.1 Å². The number of anilines is 1. The lowest BCUT2D eigenvalue weighted by Gasteiger charge is -2.19. The Balaban J connectivity index is 1.77. The van der Waals surface area contributed by atoms with Crippen molar-refractivity contribution in [3.8, 4) is 11.5 Å². The molecule has 6 heteroatoms. The van der Waals surface area contributed by atoms with E-state index in [1.165, 1.54) is 4.90 Å². The first-order valence-corrected chi connectivity index (χ1v) is 7.89. The summed E-state index contributed by atoms with van der Waals surface area (Å²) in [5, 5.41) is 0.470. The summed E-state index contributed by atoms with van der Waals surface area (Å²) >= 11 is 6.30. The first-order valence-electron chi connectivity index (χ1n) is 7.51. The Hall–Kier alpha value is -2.53. The number of halogens is 1. The fourth-order valence-electron chi connectivity index (χ4n) is 3.23. The molecule has 0 aromatic heterocycles. The molecule has 1 amide bonds. The molecule has 2 heterocycles. The molecule has 0 N–H and O–H groups in total. The first-order chi connectivity index (χ1) is 11.5. The largest absolute Gasteiger partial charge is 0.454 e. The van der Waals surface area contributed by atoms with E-state index in [-0.39, 0.29) is 13.3 Å². The molecule has 0 bridgehead atoms. The molecule has 0 spiro atoms. The minimum Gasteiger partial charge on any atom is -0.454 e. The predicted octanol–water partition coefficient (Wildman–Crippen LogP) is 3.42. The highest BCUT2D eigenvalue weighted by molar-refractivity contribution is 6.52. The Labute approximate surface area is 143 Å². The van der Waals surface area contributed by atoms with Crippen molar-refractivity contribution in [3.63, 3.8) is 0 Å². The maximum atomic E-state index is 12.5. The number of carbonyl (C=O) groups is 2. The number of rotatable bonds is 2. The quantitative estimate of drug-likeness (QED) is 0.784. The van der Waals surface area contributed by atoms with Crippen LogP contribution in [0.4, 0.5) is 5.69 Å². The van der Waals surface area contributed by atoms with Gasteiger partial charge >= 0.3 is 0 Å². The van der Waals surface area contributed by atoms with Crippen molar-refractivity contribution in [1.29, 1.82) is 0 Å². The minimum absolute atomic E-state index is 0.150. The highest BCUT2D eigenvalue weighted by Crippen LogP contribution is 2.39. The van der Waals surface area contributed by atoms with Crippen LogP contribution < -0.4 is 14.4 Å². The number of carbonyl (C=O) groups excluding carboxylic acids is 2. The second kappa shape index (κ2) is 5.24. The number of benzene rings is 2. The molecule has 0 saturated heterocycles. The smallest absolute Gasteiger partial charge is 0.299 e. The summed E-state index contributed by atoms with van der Waals surface area (Å²) in [6.45, 7) is 4.16. The predicted molar refractivity (Wildman–Crippen MR) is 89.0 cm³/mol. The van der Waals surface area contributed by atoms with Gasteiger partial charge in [0.1, 0.15) is 0 Å². The van der Waals surface area contributed by atoms with Gasteiger partial charge in [0.15, 0.2) is 11.5 Å². The number of aryl methyl sites for hydroxylation is 2. The summed E-state index contributed by atoms with van der Waals surface area (Å²) in [4.78, 5) is 26.2. The topological polar surface area (TPSA) is 55.8 Å². The van der Waals surface area contributed by atoms with Crippen molar-refractivity contribution in [2.24, 2.45) is 0 Å². The van der Waals surface area contributed by atoms with Crippen LogP contribution in [-0.4, -0.2) is 18.5 Å². The van der Waals surface area contributed by atoms with Gasteiger partial charge in [-0.25, -0.2) is 0 Å². The van der Waals surface area contributed by atoms with E-state index in [0.29, 0.717) is 33.3 Å². The van der Waals surface area contributed by atoms with Crippen LogP contribution in [0.5, 0.6) is 11.5 Å². The monoisotopic (exact) mass is 343 g/mol. The third-order valence-electron chi connectivity index (χ3n) is 4.27. The van der Waals surface area contributed by atoms with Gasteiger partial charge in [0.25, 0.3) is 11.7 Å². The first kappa shape index (κ1) is 15.0. The molecule has 4 rings (SSSR count). The van der Waals surface area contributed by atoms with Gasteiger partial charge in [-0.15, -0.1) is 0 Å². The lowest BCUT2D eigenvalue weighted by Crippen LogP contribution is -2.29. The molecule has 2 aliphatic rings. The highest BCUT2D eigenvalue weighted by Gasteiger charge is 2.37. The zero-order valence-electron chi connectivity index (χ0n) is 13.2. The Bertz CT molecular complexity index is 906. The van der Waals surface area contributed by atoms with Crippen LogP contribution in [0.2, 0.25) is 5.02 Å². The molecular formula is C18H14ClNO4. The maximum Gasteiger partial charge on any atom is 0.299 e. The Kier molecular flexibility index (Phi) is 3.28. The summed E-state index contributed by atoms with van der Waals surface area (Å²) < 4.78 is 10.7. The zero-order chi connectivity index (χ0) is 17.0. The Morgan fingerprint density at radius 2 is 1.79 bits per heavy atom. The fraction of sp³-hybridized carbons (Fsp3) is 0.222. The number of fused-ring (bicyclic) bond motifs is 2. The van der Waals surface area contributed by atoms with Crippen molar-refractivity contribution in [2.75, 3.05) is 11.7 Å². The summed E-state index contributed by atoms with van der Waals surface area (Å²) in [5.74, 6) is 0.161. The summed E-state index contributed by atoms with van der Waals surface area (Å²) in [6.07, 6.45) is 0. The molecule has 2 aromatic rings. The molecule has 0 radical (unpaired) electrons. The van der Waals surface area contributed by atoms with Crippen LogP contribution in [-0.2, 0) is 11.3 Å². The van der Waals surface area contributed by atoms with Gasteiger partial charge in [-0.2, -0.15) is 0 Å². The molecule has 0 unspecified atom stereocenters. The third-order valence-corrected chi connectivity index (χ3v) is 4.62. The van der Waals surface area contributed by atoms with Crippen molar-refractivity contribution in [3.05, 3.63) is 51.5 Å². The number of ether oxygens (including phenoxy) is 2. The van der Waals surface area contributed by atoms with E-state index in [1.54, 1.807) is 18.2 Å². The number of hydrogen-bond donors (Lipinski definition) is 0. The number of nitrogens with zero attached hydrogens (tertiary/aromatic N) is 1. The second-order valence-corrected chi connectivity index (χ2v) is 6.40. The summed E-state index contributed by atoms with van der Waals surface area (Å²) in [5.41, 5.74) is 3.66. The SMILES string of the molecule is Cc1cc(C)c2c(c1)C(=O)C(=O)N2Cc1cc2c(cc1Cl)OCO2. The van der Waals surface area contributed by atoms with E-state index in [1.807, 2.05) is 19.9 Å². The normalized spacial score (nSPS) is 15.2. The standard InChI is InChI=1S/C18H14ClNO4/c1-9-3-10(2)16-12(4-9)17(21)18(22)20(16)7-11-5-14-15(6-13(11)19)24-8-23-14/h3-6H,7-8H2,1-2H3. The molecular weight excluding hydrogens is 330 g/mol. The van der Waals surface area contributed by atoms with Gasteiger partial charge in [0, 0.05) is 11.1 Å². The molecule has 0 aliphatic carbocycles. The Morgan fingerprint density at radius 1 is 1.08 bits per heavy atom. The average Bonchev–Trinajstić information content (AvgIpc) is 3.06. The second-order valence-electron chi connectivity index (χ2n) is 6.00. The molecule has 0 fully saturated rings. The molecule has 2 aliphatic heterocycles. The summed E-state index contributed by atoms with van der Waals surface area (Å²) in [6, 6.07) is 7.14. The fourth-order valence-corrected chi connectivity index (χ4v) is 3.45. The summed E-state index contributed by atoms with van der Waals surface area (Å²) in [7, 11) is 0. The van der Waals surface area contributed by atoms with E-state index in [2.05, 4.69) is 0 Å². The molecule has 2 aromatic carbocycles. The van der Waals surface area contributed by atoms with E-state index >= 15 is 0 Å². The van der Waals surface area contributed by atoms with Gasteiger partial charge in [-0.05, 0) is 42.7 Å². The lowest BCUT2D eigenvalue weighted by molar-refractivity contribution is -0.114. The number of ketones is 1. The Morgan fingerprint density at radius 3 is 2.54 bits per heavy atom. The molecule has 24 heavy (non-hydrogen) atoms. The minimum atomic E-state index is -0.535. The van der Waals surface area contributed by atoms with Crippen molar-refractivity contribution >= 4 is 29.0 Å². The molecule has 0 saturated carbocycles. The van der Waals surface area contributed by atoms with Crippen molar-refractivity contribution < 1.29 is 19.1 Å². The van der Waals surface area contributed by atoms with Crippen LogP contribution in [0.1, 0.15) is 27.0 Å². The van der Waals surface area contributed by atoms with Crippen LogP contribution >= 0.6 is 11.6 Å². The van der Waals surface area contributed by atoms with Crippen molar-refractivity contribution in [2.45, 2.75) is 20.4 Å². The number of hydrogen-bond acceptors (Lipinski definition) is 4. The average molecular weight is 344 g/mol. The molecule has 122 valence electrons. The van der Waals surface area contributed by atoms with Gasteiger partial charge in [0.2, 0.25) is 6.79 Å². The highest BCUT2D eigenvalue weighted by atomic mass is 35.5. The molecule has 0 atom stereocenters. The van der Waals surface area contributed by atoms with Gasteiger partial charge in [-0.3, -0.25) is 9.59 Å². The van der Waals surface area contributed by atoms with Crippen LogP contribution in [0.15, 0.2) is 24.3 Å². The number of Topliss-reactive ketones (excluding diaryl/α,β-unsaturated/α-hetero) is 1. The van der Waals surface area contributed by atoms with Gasteiger partial charge < -0.3 is 14.4 Å². The van der Waals surface area contributed by atoms with E-state index < -0.39 is 11.7 Å².